The van der Waals surface area contributed by atoms with Crippen molar-refractivity contribution in [2.45, 2.75) is 25.3 Å². The van der Waals surface area contributed by atoms with Crippen molar-refractivity contribution in [2.24, 2.45) is 5.41 Å². The van der Waals surface area contributed by atoms with Gasteiger partial charge in [0.1, 0.15) is 6.04 Å². The van der Waals surface area contributed by atoms with E-state index in [4.69, 9.17) is 0 Å². The van der Waals surface area contributed by atoms with Crippen LogP contribution in [0.1, 0.15) is 30.9 Å². The third-order valence-corrected chi connectivity index (χ3v) is 7.17. The Balaban J connectivity index is 0.00000131. The van der Waals surface area contributed by atoms with Crippen molar-refractivity contribution in [1.29, 1.82) is 0 Å². The number of likely N-dealkylation sites (tertiary alicyclic amines) is 1. The summed E-state index contributed by atoms with van der Waals surface area (Å²) in [5, 5.41) is 3.51. The van der Waals surface area contributed by atoms with Gasteiger partial charge in [-0.25, -0.2) is 0 Å². The number of carbonyl (C=O) groups is 1. The maximum atomic E-state index is 13.5. The topological polar surface area (TPSA) is 35.6 Å². The molecule has 1 N–H and O–H groups in total. The van der Waals surface area contributed by atoms with Gasteiger partial charge in [-0.2, -0.15) is 11.8 Å². The van der Waals surface area contributed by atoms with Crippen LogP contribution in [0.25, 0.3) is 0 Å². The fourth-order valence-corrected chi connectivity index (χ4v) is 5.51. The van der Waals surface area contributed by atoms with Gasteiger partial charge in [-0.05, 0) is 36.8 Å². The van der Waals surface area contributed by atoms with Gasteiger partial charge in [-0.3, -0.25) is 9.69 Å². The van der Waals surface area contributed by atoms with Crippen LogP contribution < -0.4 is 5.32 Å². The Morgan fingerprint density at radius 2 is 1.67 bits per heavy atom. The maximum absolute atomic E-state index is 13.5. The molecule has 1 aromatic rings. The van der Waals surface area contributed by atoms with Crippen LogP contribution in [0.4, 0.5) is 0 Å². The van der Waals surface area contributed by atoms with Gasteiger partial charge in [0.2, 0.25) is 5.91 Å². The van der Waals surface area contributed by atoms with Gasteiger partial charge in [0, 0.05) is 44.2 Å². The lowest BCUT2D eigenvalue weighted by atomic mass is 9.77. The first kappa shape index (κ1) is 22.8. The average molecular weight is 432 g/mol. The number of thioether (sulfide) groups is 1. The first-order chi connectivity index (χ1) is 12.3. The van der Waals surface area contributed by atoms with E-state index < -0.39 is 0 Å². The summed E-state index contributed by atoms with van der Waals surface area (Å²) < 4.78 is 0. The number of amides is 1. The van der Waals surface area contributed by atoms with Crippen molar-refractivity contribution in [1.82, 2.24) is 15.1 Å². The minimum Gasteiger partial charge on any atom is -0.341 e. The van der Waals surface area contributed by atoms with Crippen molar-refractivity contribution in [3.63, 3.8) is 0 Å². The molecule has 1 spiro atoms. The predicted octanol–water partition coefficient (Wildman–Crippen LogP) is 3.22. The van der Waals surface area contributed by atoms with Crippen molar-refractivity contribution < 1.29 is 4.79 Å². The summed E-state index contributed by atoms with van der Waals surface area (Å²) >= 11 is 2.00. The standard InChI is InChI=1S/C20H29N3OS.2ClH/c24-19(23-10-7-20(8-11-23)6-9-21-16-20)18(17-4-2-1-3-5-17)22-12-14-25-15-13-22;;/h1-5,18,21H,6-16H2;2*1H. The second-order valence-corrected chi connectivity index (χ2v) is 8.94. The van der Waals surface area contributed by atoms with Crippen LogP contribution >= 0.6 is 36.6 Å². The number of carbonyl (C=O) groups excluding carboxylic acids is 1. The molecule has 3 heterocycles. The Hall–Kier alpha value is -0.460. The second-order valence-electron chi connectivity index (χ2n) is 7.71. The van der Waals surface area contributed by atoms with E-state index in [1.54, 1.807) is 0 Å². The maximum Gasteiger partial charge on any atom is 0.244 e. The number of nitrogens with zero attached hydrogens (tertiary/aromatic N) is 2. The molecule has 3 fully saturated rings. The van der Waals surface area contributed by atoms with E-state index in [0.29, 0.717) is 11.3 Å². The molecule has 27 heavy (non-hydrogen) atoms. The Morgan fingerprint density at radius 1 is 1.00 bits per heavy atom. The molecule has 0 radical (unpaired) electrons. The minimum absolute atomic E-state index is 0. The molecule has 4 rings (SSSR count). The predicted molar refractivity (Wildman–Crippen MR) is 118 cm³/mol. The van der Waals surface area contributed by atoms with Gasteiger partial charge in [-0.15, -0.1) is 24.8 Å². The highest BCUT2D eigenvalue weighted by Gasteiger charge is 2.40. The Bertz CT molecular complexity index is 582. The Labute approximate surface area is 179 Å². The second kappa shape index (κ2) is 10.4. The summed E-state index contributed by atoms with van der Waals surface area (Å²) in [5.41, 5.74) is 1.61. The number of benzene rings is 1. The highest BCUT2D eigenvalue weighted by atomic mass is 35.5. The monoisotopic (exact) mass is 431 g/mol. The molecule has 1 atom stereocenters. The fraction of sp³-hybridized carbons (Fsp3) is 0.650. The zero-order chi connectivity index (χ0) is 17.1. The molecule has 0 aliphatic carbocycles. The molecule has 0 bridgehead atoms. The molecule has 0 aromatic heterocycles. The zero-order valence-electron chi connectivity index (χ0n) is 15.8. The number of rotatable bonds is 3. The average Bonchev–Trinajstić information content (AvgIpc) is 3.12. The molecule has 4 nitrogen and oxygen atoms in total. The Morgan fingerprint density at radius 3 is 2.26 bits per heavy atom. The van der Waals surface area contributed by atoms with E-state index in [9.17, 15) is 4.79 Å². The van der Waals surface area contributed by atoms with Crippen LogP contribution in [0, 0.1) is 5.41 Å². The zero-order valence-corrected chi connectivity index (χ0v) is 18.2. The minimum atomic E-state index is -0.0992. The van der Waals surface area contributed by atoms with Crippen molar-refractivity contribution in [3.8, 4) is 0 Å². The van der Waals surface area contributed by atoms with E-state index in [1.165, 1.54) is 6.42 Å². The molecule has 1 amide bonds. The van der Waals surface area contributed by atoms with Crippen LogP contribution in [0.2, 0.25) is 0 Å². The summed E-state index contributed by atoms with van der Waals surface area (Å²) in [6, 6.07) is 10.3. The molecule has 1 aromatic carbocycles. The molecule has 152 valence electrons. The van der Waals surface area contributed by atoms with Crippen molar-refractivity contribution >= 4 is 42.5 Å². The molecule has 1 unspecified atom stereocenters. The summed E-state index contributed by atoms with van der Waals surface area (Å²) in [6.45, 7) is 6.15. The smallest absolute Gasteiger partial charge is 0.244 e. The highest BCUT2D eigenvalue weighted by Crippen LogP contribution is 2.38. The number of hydrogen-bond acceptors (Lipinski definition) is 4. The van der Waals surface area contributed by atoms with E-state index in [-0.39, 0.29) is 30.9 Å². The Kier molecular flexibility index (Phi) is 8.75. The highest BCUT2D eigenvalue weighted by molar-refractivity contribution is 7.99. The largest absolute Gasteiger partial charge is 0.341 e. The third kappa shape index (κ3) is 5.13. The fourth-order valence-electron chi connectivity index (χ4n) is 4.58. The van der Waals surface area contributed by atoms with Gasteiger partial charge in [-0.1, -0.05) is 30.3 Å². The summed E-state index contributed by atoms with van der Waals surface area (Å²) in [5.74, 6) is 2.58. The van der Waals surface area contributed by atoms with E-state index >= 15 is 0 Å². The van der Waals surface area contributed by atoms with Gasteiger partial charge in [0.25, 0.3) is 0 Å². The third-order valence-electron chi connectivity index (χ3n) is 6.23. The van der Waals surface area contributed by atoms with Gasteiger partial charge < -0.3 is 10.2 Å². The number of halogens is 2. The molecular weight excluding hydrogens is 401 g/mol. The molecular formula is C20H31Cl2N3OS. The SMILES string of the molecule is Cl.Cl.O=C(C(c1ccccc1)N1CCSCC1)N1CCC2(CCNC2)CC1. The number of nitrogens with one attached hydrogen (secondary N) is 1. The van der Waals surface area contributed by atoms with Crippen molar-refractivity contribution in [2.75, 3.05) is 50.8 Å². The first-order valence-corrected chi connectivity index (χ1v) is 10.8. The van der Waals surface area contributed by atoms with Crippen LogP contribution in [0.3, 0.4) is 0 Å². The summed E-state index contributed by atoms with van der Waals surface area (Å²) in [7, 11) is 0. The molecule has 3 aliphatic heterocycles. The van der Waals surface area contributed by atoms with Crippen LogP contribution in [-0.2, 0) is 4.79 Å². The first-order valence-electron chi connectivity index (χ1n) is 9.64. The molecule has 3 saturated heterocycles. The lowest BCUT2D eigenvalue weighted by Gasteiger charge is -2.42. The molecule has 7 heteroatoms. The van der Waals surface area contributed by atoms with E-state index in [0.717, 1.165) is 69.2 Å². The molecule has 3 aliphatic rings. The van der Waals surface area contributed by atoms with Crippen LogP contribution in [0.15, 0.2) is 30.3 Å². The van der Waals surface area contributed by atoms with Gasteiger partial charge in [0.15, 0.2) is 0 Å². The van der Waals surface area contributed by atoms with E-state index in [2.05, 4.69) is 39.4 Å². The van der Waals surface area contributed by atoms with Crippen LogP contribution in [0.5, 0.6) is 0 Å². The van der Waals surface area contributed by atoms with Crippen LogP contribution in [-0.4, -0.2) is 66.5 Å². The van der Waals surface area contributed by atoms with Gasteiger partial charge in [0.05, 0.1) is 0 Å². The summed E-state index contributed by atoms with van der Waals surface area (Å²) in [4.78, 5) is 18.0. The number of hydrogen-bond donors (Lipinski definition) is 1. The lowest BCUT2D eigenvalue weighted by molar-refractivity contribution is -0.139. The van der Waals surface area contributed by atoms with E-state index in [1.807, 2.05) is 17.8 Å². The van der Waals surface area contributed by atoms with Crippen molar-refractivity contribution in [3.05, 3.63) is 35.9 Å². The van der Waals surface area contributed by atoms with Gasteiger partial charge >= 0.3 is 0 Å². The normalized spacial score (nSPS) is 23.3. The molecule has 0 saturated carbocycles. The summed E-state index contributed by atoms with van der Waals surface area (Å²) in [6.07, 6.45) is 3.59. The lowest BCUT2D eigenvalue weighted by Crippen LogP contribution is -2.50. The number of piperidine rings is 1. The quantitative estimate of drug-likeness (QED) is 0.796.